The average Bonchev–Trinajstić information content (AvgIpc) is 3.22. The monoisotopic (exact) mass is 313 g/mol. The molecule has 2 fully saturated rings. The Kier molecular flexibility index (Phi) is 3.91. The van der Waals surface area contributed by atoms with E-state index < -0.39 is 0 Å². The quantitative estimate of drug-likeness (QED) is 0.940. The van der Waals surface area contributed by atoms with Crippen molar-refractivity contribution in [1.29, 1.82) is 0 Å². The summed E-state index contributed by atoms with van der Waals surface area (Å²) in [5.41, 5.74) is 1.89. The number of nitrogens with zero attached hydrogens (tertiary/aromatic N) is 3. The number of hydrogen-bond acceptors (Lipinski definition) is 5. The molecule has 1 N–H and O–H groups in total. The lowest BCUT2D eigenvalue weighted by Crippen LogP contribution is -2.29. The molecule has 122 valence electrons. The maximum Gasteiger partial charge on any atom is 0.151 e. The van der Waals surface area contributed by atoms with E-state index in [1.165, 1.54) is 12.8 Å². The lowest BCUT2D eigenvalue weighted by molar-refractivity contribution is 0.154. The van der Waals surface area contributed by atoms with Crippen molar-refractivity contribution in [3.8, 4) is 11.3 Å². The van der Waals surface area contributed by atoms with Gasteiger partial charge in [0.15, 0.2) is 5.76 Å². The molecule has 0 aromatic carbocycles. The zero-order valence-corrected chi connectivity index (χ0v) is 13.4. The third kappa shape index (κ3) is 3.03. The second kappa shape index (κ2) is 6.06. The zero-order chi connectivity index (χ0) is 15.8. The highest BCUT2D eigenvalue weighted by Crippen LogP contribution is 2.45. The third-order valence-electron chi connectivity index (χ3n) is 5.53. The van der Waals surface area contributed by atoms with Gasteiger partial charge >= 0.3 is 0 Å². The Morgan fingerprint density at radius 3 is 2.57 bits per heavy atom. The maximum absolute atomic E-state index is 9.76. The topological polar surface area (TPSA) is 62.4 Å². The molecule has 2 aliphatic rings. The molecule has 0 bridgehead atoms. The molecule has 4 rings (SSSR count). The van der Waals surface area contributed by atoms with Crippen LogP contribution in [-0.2, 0) is 6.54 Å². The van der Waals surface area contributed by atoms with Crippen molar-refractivity contribution < 1.29 is 9.63 Å². The van der Waals surface area contributed by atoms with Gasteiger partial charge in [0.25, 0.3) is 0 Å². The highest BCUT2D eigenvalue weighted by Gasteiger charge is 2.42. The van der Waals surface area contributed by atoms with Gasteiger partial charge in [-0.05, 0) is 56.7 Å². The van der Waals surface area contributed by atoms with Crippen LogP contribution in [0.15, 0.2) is 35.1 Å². The van der Waals surface area contributed by atoms with Gasteiger partial charge in [-0.1, -0.05) is 5.16 Å². The smallest absolute Gasteiger partial charge is 0.151 e. The number of aliphatic hydroxyl groups is 1. The van der Waals surface area contributed by atoms with Gasteiger partial charge in [-0.3, -0.25) is 9.88 Å². The molecule has 2 aliphatic carbocycles. The van der Waals surface area contributed by atoms with Crippen LogP contribution < -0.4 is 0 Å². The number of aromatic nitrogens is 2. The normalized spacial score (nSPS) is 30.0. The molecule has 2 aromatic heterocycles. The fraction of sp³-hybridized carbons (Fsp3) is 0.556. The van der Waals surface area contributed by atoms with Gasteiger partial charge in [-0.25, -0.2) is 0 Å². The van der Waals surface area contributed by atoms with Crippen LogP contribution in [0.2, 0.25) is 0 Å². The SMILES string of the molecule is CN(Cc1cc(-c2ccncc2)no1)C1C[C@H]2CC(O)C[C@H]2C1. The van der Waals surface area contributed by atoms with Crippen LogP contribution in [0.1, 0.15) is 31.4 Å². The molecular formula is C18H23N3O2. The van der Waals surface area contributed by atoms with E-state index in [0.717, 1.165) is 36.4 Å². The van der Waals surface area contributed by atoms with E-state index in [-0.39, 0.29) is 6.10 Å². The number of hydrogen-bond donors (Lipinski definition) is 1. The first kappa shape index (κ1) is 14.8. The Hall–Kier alpha value is -1.72. The molecule has 0 radical (unpaired) electrons. The van der Waals surface area contributed by atoms with E-state index >= 15 is 0 Å². The first-order valence-corrected chi connectivity index (χ1v) is 8.43. The molecule has 2 saturated carbocycles. The molecule has 2 unspecified atom stereocenters. The number of pyridine rings is 1. The number of rotatable bonds is 4. The van der Waals surface area contributed by atoms with Gasteiger partial charge in [0.05, 0.1) is 12.6 Å². The predicted molar refractivity (Wildman–Crippen MR) is 86.4 cm³/mol. The van der Waals surface area contributed by atoms with E-state index in [4.69, 9.17) is 4.52 Å². The molecule has 0 amide bonds. The van der Waals surface area contributed by atoms with E-state index in [1.54, 1.807) is 12.4 Å². The van der Waals surface area contributed by atoms with Crippen molar-refractivity contribution in [2.45, 2.75) is 44.4 Å². The van der Waals surface area contributed by atoms with Crippen LogP contribution in [-0.4, -0.2) is 39.3 Å². The van der Waals surface area contributed by atoms with Gasteiger partial charge in [-0.2, -0.15) is 0 Å². The van der Waals surface area contributed by atoms with Gasteiger partial charge in [-0.15, -0.1) is 0 Å². The van der Waals surface area contributed by atoms with Gasteiger partial charge in [0.1, 0.15) is 5.69 Å². The minimum Gasteiger partial charge on any atom is -0.393 e. The largest absolute Gasteiger partial charge is 0.393 e. The van der Waals surface area contributed by atoms with Crippen molar-refractivity contribution in [2.24, 2.45) is 11.8 Å². The predicted octanol–water partition coefficient (Wildman–Crippen LogP) is 2.72. The third-order valence-corrected chi connectivity index (χ3v) is 5.53. The lowest BCUT2D eigenvalue weighted by atomic mass is 10.0. The van der Waals surface area contributed by atoms with Gasteiger partial charge in [0, 0.05) is 30.1 Å². The molecule has 5 nitrogen and oxygen atoms in total. The second-order valence-corrected chi connectivity index (χ2v) is 7.10. The van der Waals surface area contributed by atoms with E-state index in [0.29, 0.717) is 17.9 Å². The Bertz CT molecular complexity index is 643. The van der Waals surface area contributed by atoms with Crippen LogP contribution in [0.25, 0.3) is 11.3 Å². The molecule has 2 heterocycles. The molecule has 0 saturated heterocycles. The summed E-state index contributed by atoms with van der Waals surface area (Å²) in [6.07, 6.45) is 7.84. The highest BCUT2D eigenvalue weighted by atomic mass is 16.5. The summed E-state index contributed by atoms with van der Waals surface area (Å²) in [5.74, 6) is 2.32. The van der Waals surface area contributed by atoms with Gasteiger partial charge < -0.3 is 9.63 Å². The molecule has 5 heteroatoms. The Balaban J connectivity index is 1.38. The summed E-state index contributed by atoms with van der Waals surface area (Å²) in [6.45, 7) is 0.782. The summed E-state index contributed by atoms with van der Waals surface area (Å²) < 4.78 is 5.51. The van der Waals surface area contributed by atoms with Crippen molar-refractivity contribution in [2.75, 3.05) is 7.05 Å². The second-order valence-electron chi connectivity index (χ2n) is 7.10. The summed E-state index contributed by atoms with van der Waals surface area (Å²) >= 11 is 0. The van der Waals surface area contributed by atoms with E-state index in [9.17, 15) is 5.11 Å². The van der Waals surface area contributed by atoms with Crippen molar-refractivity contribution in [3.63, 3.8) is 0 Å². The van der Waals surface area contributed by atoms with Crippen molar-refractivity contribution in [1.82, 2.24) is 15.0 Å². The minimum absolute atomic E-state index is 0.0616. The average molecular weight is 313 g/mol. The standard InChI is InChI=1S/C18H23N3O2/c1-21(15-6-13-8-16(22)9-14(13)7-15)11-17-10-18(20-23-17)12-2-4-19-5-3-12/h2-5,10,13-16,22H,6-9,11H2,1H3/t13-,14+,15?,16?. The van der Waals surface area contributed by atoms with Crippen LogP contribution in [0, 0.1) is 11.8 Å². The molecule has 0 aliphatic heterocycles. The lowest BCUT2D eigenvalue weighted by Gasteiger charge is -2.24. The first-order chi connectivity index (χ1) is 11.2. The molecule has 4 atom stereocenters. The fourth-order valence-corrected chi connectivity index (χ4v) is 4.33. The summed E-state index contributed by atoms with van der Waals surface area (Å²) in [6, 6.07) is 6.49. The maximum atomic E-state index is 9.76. The van der Waals surface area contributed by atoms with Gasteiger partial charge in [0.2, 0.25) is 0 Å². The molecule has 23 heavy (non-hydrogen) atoms. The number of fused-ring (bicyclic) bond motifs is 1. The van der Waals surface area contributed by atoms with Crippen molar-refractivity contribution in [3.05, 3.63) is 36.4 Å². The molecule has 2 aromatic rings. The highest BCUT2D eigenvalue weighted by molar-refractivity contribution is 5.57. The minimum atomic E-state index is -0.0616. The summed E-state index contributed by atoms with van der Waals surface area (Å²) in [5, 5.41) is 13.9. The zero-order valence-electron chi connectivity index (χ0n) is 13.4. The molecule has 0 spiro atoms. The Morgan fingerprint density at radius 2 is 1.87 bits per heavy atom. The summed E-state index contributed by atoms with van der Waals surface area (Å²) in [7, 11) is 2.16. The van der Waals surface area contributed by atoms with Crippen LogP contribution >= 0.6 is 0 Å². The Morgan fingerprint density at radius 1 is 1.17 bits per heavy atom. The van der Waals surface area contributed by atoms with E-state index in [2.05, 4.69) is 22.1 Å². The van der Waals surface area contributed by atoms with Crippen LogP contribution in [0.3, 0.4) is 0 Å². The van der Waals surface area contributed by atoms with Crippen LogP contribution in [0.5, 0.6) is 0 Å². The fourth-order valence-electron chi connectivity index (χ4n) is 4.33. The molecular weight excluding hydrogens is 290 g/mol. The first-order valence-electron chi connectivity index (χ1n) is 8.43. The Labute approximate surface area is 136 Å². The van der Waals surface area contributed by atoms with E-state index in [1.807, 2.05) is 18.2 Å². The van der Waals surface area contributed by atoms with Crippen LogP contribution in [0.4, 0.5) is 0 Å². The van der Waals surface area contributed by atoms with Crippen molar-refractivity contribution >= 4 is 0 Å². The number of aliphatic hydroxyl groups excluding tert-OH is 1. The summed E-state index contributed by atoms with van der Waals surface area (Å²) in [4.78, 5) is 6.40.